The van der Waals surface area contributed by atoms with Crippen LogP contribution in [0.15, 0.2) is 35.7 Å². The summed E-state index contributed by atoms with van der Waals surface area (Å²) in [5.74, 6) is 0.528. The Bertz CT molecular complexity index is 1260. The Kier molecular flexibility index (Phi) is 5.30. The Morgan fingerprint density at radius 2 is 1.78 bits per heavy atom. The highest BCUT2D eigenvalue weighted by molar-refractivity contribution is 7.15. The highest BCUT2D eigenvalue weighted by Gasteiger charge is 2.27. The van der Waals surface area contributed by atoms with Gasteiger partial charge in [0.15, 0.2) is 0 Å². The minimum atomic E-state index is -0.290. The van der Waals surface area contributed by atoms with Crippen molar-refractivity contribution in [1.29, 1.82) is 0 Å². The molecule has 0 bridgehead atoms. The van der Waals surface area contributed by atoms with Gasteiger partial charge in [0.25, 0.3) is 0 Å². The van der Waals surface area contributed by atoms with Gasteiger partial charge in [-0.2, -0.15) is 4.98 Å². The lowest BCUT2D eigenvalue weighted by molar-refractivity contribution is -0.120. The van der Waals surface area contributed by atoms with Crippen molar-refractivity contribution in [2.24, 2.45) is 5.92 Å². The number of thiazole rings is 1. The number of hydrogen-bond donors (Lipinski definition) is 1. The van der Waals surface area contributed by atoms with Gasteiger partial charge in [-0.15, -0.1) is 16.4 Å². The highest BCUT2D eigenvalue weighted by atomic mass is 32.1. The number of nitrogens with zero attached hydrogens (tertiary/aromatic N) is 6. The Morgan fingerprint density at radius 1 is 1.09 bits per heavy atom. The first-order valence-corrected chi connectivity index (χ1v) is 11.3. The van der Waals surface area contributed by atoms with Crippen molar-refractivity contribution in [3.8, 4) is 11.3 Å². The van der Waals surface area contributed by atoms with E-state index >= 15 is 0 Å². The average Bonchev–Trinajstić information content (AvgIpc) is 3.34. The molecule has 0 saturated carbocycles. The van der Waals surface area contributed by atoms with E-state index in [1.807, 2.05) is 25.3 Å². The normalized spacial score (nSPS) is 14.8. The van der Waals surface area contributed by atoms with E-state index in [9.17, 15) is 9.18 Å². The van der Waals surface area contributed by atoms with Crippen LogP contribution in [-0.4, -0.2) is 43.6 Å². The third kappa shape index (κ3) is 4.05. The van der Waals surface area contributed by atoms with Crippen molar-refractivity contribution in [3.63, 3.8) is 0 Å². The first-order valence-electron chi connectivity index (χ1n) is 10.4. The number of nitrogens with one attached hydrogen (secondary N) is 1. The van der Waals surface area contributed by atoms with Crippen molar-refractivity contribution < 1.29 is 9.18 Å². The minimum Gasteiger partial charge on any atom is -0.341 e. The number of aryl methyl sites for hydroxylation is 2. The van der Waals surface area contributed by atoms with E-state index in [2.05, 4.69) is 30.3 Å². The molecule has 0 radical (unpaired) electrons. The van der Waals surface area contributed by atoms with Crippen LogP contribution < -0.4 is 10.2 Å². The fourth-order valence-corrected chi connectivity index (χ4v) is 4.79. The molecule has 1 fully saturated rings. The molecule has 0 atom stereocenters. The second-order valence-corrected chi connectivity index (χ2v) is 8.80. The van der Waals surface area contributed by atoms with E-state index in [-0.39, 0.29) is 23.6 Å². The van der Waals surface area contributed by atoms with Gasteiger partial charge in [-0.3, -0.25) is 10.1 Å². The molecule has 0 unspecified atom stereocenters. The number of anilines is 2. The molecular formula is C22H22FN7OS. The van der Waals surface area contributed by atoms with Crippen LogP contribution in [0.2, 0.25) is 0 Å². The Labute approximate surface area is 188 Å². The van der Waals surface area contributed by atoms with Crippen molar-refractivity contribution in [2.75, 3.05) is 23.3 Å². The molecule has 164 valence electrons. The van der Waals surface area contributed by atoms with E-state index in [1.165, 1.54) is 23.5 Å². The van der Waals surface area contributed by atoms with E-state index < -0.39 is 0 Å². The highest BCUT2D eigenvalue weighted by Crippen LogP contribution is 2.27. The summed E-state index contributed by atoms with van der Waals surface area (Å²) >= 11 is 1.42. The number of hydrogen-bond acceptors (Lipinski definition) is 7. The summed E-state index contributed by atoms with van der Waals surface area (Å²) in [4.78, 5) is 29.1. The van der Waals surface area contributed by atoms with Crippen LogP contribution in [-0.2, 0) is 4.79 Å². The van der Waals surface area contributed by atoms with Gasteiger partial charge in [0.1, 0.15) is 5.82 Å². The van der Waals surface area contributed by atoms with Gasteiger partial charge >= 0.3 is 0 Å². The standard InChI is InChI=1S/C22H22FN7OS/c1-13-11-14(2)25-21(24-13)29-9-7-16(8-10-29)19(31)26-20-27-22-30(28-20)18(12-32-22)15-3-5-17(23)6-4-15/h3-6,11-12,16H,7-10H2,1-2H3,(H,26,28,31). The maximum atomic E-state index is 13.2. The molecule has 32 heavy (non-hydrogen) atoms. The van der Waals surface area contributed by atoms with Crippen molar-refractivity contribution in [3.05, 3.63) is 52.9 Å². The van der Waals surface area contributed by atoms with Crippen LogP contribution in [0.3, 0.4) is 0 Å². The number of benzene rings is 1. The Morgan fingerprint density at radius 3 is 2.47 bits per heavy atom. The van der Waals surface area contributed by atoms with Crippen LogP contribution in [0.1, 0.15) is 24.2 Å². The number of halogens is 1. The topological polar surface area (TPSA) is 88.3 Å². The lowest BCUT2D eigenvalue weighted by Crippen LogP contribution is -2.39. The number of aromatic nitrogens is 5. The molecule has 0 spiro atoms. The SMILES string of the molecule is Cc1cc(C)nc(N2CCC(C(=O)Nc3nc4scc(-c5ccc(F)cc5)n4n3)CC2)n1. The van der Waals surface area contributed by atoms with Gasteiger partial charge in [0.2, 0.25) is 22.8 Å². The monoisotopic (exact) mass is 451 g/mol. The maximum Gasteiger partial charge on any atom is 0.250 e. The lowest BCUT2D eigenvalue weighted by Gasteiger charge is -2.31. The summed E-state index contributed by atoms with van der Waals surface area (Å²) in [6, 6.07) is 8.17. The van der Waals surface area contributed by atoms with E-state index in [0.29, 0.717) is 17.8 Å². The molecule has 1 aliphatic rings. The molecule has 1 aromatic carbocycles. The Hall–Kier alpha value is -3.40. The first kappa shape index (κ1) is 20.5. The lowest BCUT2D eigenvalue weighted by atomic mass is 9.96. The summed E-state index contributed by atoms with van der Waals surface area (Å²) in [5.41, 5.74) is 3.53. The van der Waals surface area contributed by atoms with Gasteiger partial charge in [0.05, 0.1) is 5.69 Å². The van der Waals surface area contributed by atoms with Crippen LogP contribution in [0.4, 0.5) is 16.3 Å². The molecule has 10 heteroatoms. The fourth-order valence-electron chi connectivity index (χ4n) is 3.96. The first-order chi connectivity index (χ1) is 15.5. The molecule has 1 aliphatic heterocycles. The number of rotatable bonds is 4. The molecule has 0 aliphatic carbocycles. The molecule has 4 aromatic rings. The van der Waals surface area contributed by atoms with Gasteiger partial charge in [-0.05, 0) is 57.0 Å². The second kappa shape index (κ2) is 8.27. The second-order valence-electron chi connectivity index (χ2n) is 7.96. The van der Waals surface area contributed by atoms with Gasteiger partial charge in [-0.25, -0.2) is 18.9 Å². The number of amides is 1. The van der Waals surface area contributed by atoms with Crippen LogP contribution in [0, 0.1) is 25.6 Å². The molecule has 3 aromatic heterocycles. The van der Waals surface area contributed by atoms with Crippen molar-refractivity contribution in [2.45, 2.75) is 26.7 Å². The molecule has 1 N–H and O–H groups in total. The van der Waals surface area contributed by atoms with E-state index in [4.69, 9.17) is 0 Å². The zero-order valence-electron chi connectivity index (χ0n) is 17.7. The maximum absolute atomic E-state index is 13.2. The summed E-state index contributed by atoms with van der Waals surface area (Å²) in [5, 5.41) is 9.23. The van der Waals surface area contributed by atoms with Crippen LogP contribution >= 0.6 is 11.3 Å². The average molecular weight is 452 g/mol. The summed E-state index contributed by atoms with van der Waals surface area (Å²) in [6.45, 7) is 5.37. The zero-order chi connectivity index (χ0) is 22.2. The van der Waals surface area contributed by atoms with Gasteiger partial charge in [0, 0.05) is 41.3 Å². The quantitative estimate of drug-likeness (QED) is 0.507. The molecule has 4 heterocycles. The molecule has 1 amide bonds. The van der Waals surface area contributed by atoms with E-state index in [0.717, 1.165) is 41.7 Å². The van der Waals surface area contributed by atoms with Crippen LogP contribution in [0.5, 0.6) is 0 Å². The number of fused-ring (bicyclic) bond motifs is 1. The van der Waals surface area contributed by atoms with Crippen molar-refractivity contribution >= 4 is 34.1 Å². The predicted molar refractivity (Wildman–Crippen MR) is 121 cm³/mol. The Balaban J connectivity index is 1.25. The largest absolute Gasteiger partial charge is 0.341 e. The summed E-state index contributed by atoms with van der Waals surface area (Å²) < 4.78 is 14.9. The van der Waals surface area contributed by atoms with Gasteiger partial charge in [-0.1, -0.05) is 0 Å². The number of piperidine rings is 1. The molecule has 5 rings (SSSR count). The third-order valence-electron chi connectivity index (χ3n) is 5.58. The van der Waals surface area contributed by atoms with E-state index in [1.54, 1.807) is 16.6 Å². The minimum absolute atomic E-state index is 0.0763. The summed E-state index contributed by atoms with van der Waals surface area (Å²) in [7, 11) is 0. The zero-order valence-corrected chi connectivity index (χ0v) is 18.6. The van der Waals surface area contributed by atoms with Gasteiger partial charge < -0.3 is 4.90 Å². The number of carbonyl (C=O) groups excluding carboxylic acids is 1. The predicted octanol–water partition coefficient (Wildman–Crippen LogP) is 3.86. The summed E-state index contributed by atoms with van der Waals surface area (Å²) in [6.07, 6.45) is 1.43. The smallest absolute Gasteiger partial charge is 0.250 e. The molecular weight excluding hydrogens is 429 g/mol. The fraction of sp³-hybridized carbons (Fsp3) is 0.318. The van der Waals surface area contributed by atoms with Crippen LogP contribution in [0.25, 0.3) is 16.2 Å². The molecule has 8 nitrogen and oxygen atoms in total. The molecule has 1 saturated heterocycles. The third-order valence-corrected chi connectivity index (χ3v) is 6.39. The van der Waals surface area contributed by atoms with Crippen molar-refractivity contribution in [1.82, 2.24) is 24.6 Å². The number of carbonyl (C=O) groups is 1.